The van der Waals surface area contributed by atoms with Crippen LogP contribution in [0, 0.1) is 0 Å². The number of carbonyl (C=O) groups excluding carboxylic acids is 1. The molecule has 0 aliphatic heterocycles. The van der Waals surface area contributed by atoms with Crippen molar-refractivity contribution in [3.05, 3.63) is 24.2 Å². The van der Waals surface area contributed by atoms with Gasteiger partial charge in [-0.3, -0.25) is 4.79 Å². The minimum absolute atomic E-state index is 0.105. The topological polar surface area (TPSA) is 80.0 Å². The third-order valence-corrected chi connectivity index (χ3v) is 4.23. The van der Waals surface area contributed by atoms with Crippen LogP contribution in [-0.4, -0.2) is 44.4 Å². The number of nitrogens with one attached hydrogen (secondary N) is 1. The van der Waals surface area contributed by atoms with Crippen LogP contribution < -0.4 is 5.32 Å². The van der Waals surface area contributed by atoms with Crippen molar-refractivity contribution in [1.29, 1.82) is 0 Å². The van der Waals surface area contributed by atoms with Gasteiger partial charge in [0.25, 0.3) is 5.91 Å². The zero-order valence-electron chi connectivity index (χ0n) is 12.8. The molecule has 0 radical (unpaired) electrons. The molecule has 2 N–H and O–H groups in total. The fourth-order valence-corrected chi connectivity index (χ4v) is 2.90. The van der Waals surface area contributed by atoms with Crippen LogP contribution in [-0.2, 0) is 0 Å². The van der Waals surface area contributed by atoms with Crippen LogP contribution in [0.5, 0.6) is 0 Å². The van der Waals surface area contributed by atoms with Crippen LogP contribution >= 0.6 is 0 Å². The van der Waals surface area contributed by atoms with Gasteiger partial charge in [-0.1, -0.05) is 12.8 Å². The average Bonchev–Trinajstić information content (AvgIpc) is 3.19. The number of imidazole rings is 1. The van der Waals surface area contributed by atoms with Gasteiger partial charge in [0.2, 0.25) is 0 Å². The number of rotatable bonds is 4. The number of hydrogen-bond donors (Lipinski definition) is 2. The summed E-state index contributed by atoms with van der Waals surface area (Å²) in [6.45, 7) is -0.906. The number of carbonyl (C=O) groups is 1. The Bertz CT molecular complexity index is 738. The first-order valence-corrected chi connectivity index (χ1v) is 7.72. The highest BCUT2D eigenvalue weighted by atomic mass is 19.4. The van der Waals surface area contributed by atoms with E-state index in [9.17, 15) is 18.0 Å². The summed E-state index contributed by atoms with van der Waals surface area (Å²) in [5, 5.41) is 11.0. The third-order valence-electron chi connectivity index (χ3n) is 4.23. The number of halogens is 3. The van der Waals surface area contributed by atoms with E-state index in [0.717, 1.165) is 25.7 Å². The van der Waals surface area contributed by atoms with Crippen LogP contribution in [0.1, 0.15) is 42.1 Å². The number of hydrogen-bond acceptors (Lipinski definition) is 4. The minimum Gasteiger partial charge on any atom is -0.382 e. The molecule has 2 aromatic rings. The monoisotopic (exact) mass is 342 g/mol. The van der Waals surface area contributed by atoms with Crippen LogP contribution in [0.3, 0.4) is 0 Å². The van der Waals surface area contributed by atoms with Gasteiger partial charge in [-0.15, -0.1) is 0 Å². The van der Waals surface area contributed by atoms with Crippen molar-refractivity contribution in [1.82, 2.24) is 19.9 Å². The predicted octanol–water partition coefficient (Wildman–Crippen LogP) is 2.20. The summed E-state index contributed by atoms with van der Waals surface area (Å²) in [7, 11) is 0. The second-order valence-corrected chi connectivity index (χ2v) is 5.92. The summed E-state index contributed by atoms with van der Waals surface area (Å²) in [6.07, 6.45) is 0.0664. The van der Waals surface area contributed by atoms with Gasteiger partial charge in [-0.2, -0.15) is 13.2 Å². The maximum Gasteiger partial charge on any atom is 0.416 e. The van der Waals surface area contributed by atoms with Gasteiger partial charge in [-0.05, 0) is 18.9 Å². The molecule has 0 spiro atoms. The number of aliphatic hydroxyl groups is 1. The molecule has 2 aromatic heterocycles. The summed E-state index contributed by atoms with van der Waals surface area (Å²) in [5.74, 6) is -0.733. The molecule has 1 aliphatic carbocycles. The molecule has 9 heteroatoms. The SMILES string of the molecule is O=C(NCC(O)C(F)(F)F)c1cnc2c(c1)ncn2C1CCCC1. The number of aromatic nitrogens is 3. The zero-order chi connectivity index (χ0) is 17.3. The van der Waals surface area contributed by atoms with Crippen LogP contribution in [0.4, 0.5) is 13.2 Å². The predicted molar refractivity (Wildman–Crippen MR) is 79.4 cm³/mol. The standard InChI is InChI=1S/C15H17F3N4O2/c16-15(17,18)12(23)7-20-14(24)9-5-11-13(19-6-9)22(8-21-11)10-3-1-2-4-10/h5-6,8,10,12,23H,1-4,7H2,(H,20,24). The van der Waals surface area contributed by atoms with Gasteiger partial charge in [-0.25, -0.2) is 9.97 Å². The number of nitrogens with zero attached hydrogens (tertiary/aromatic N) is 3. The minimum atomic E-state index is -4.77. The maximum absolute atomic E-state index is 12.2. The Labute approximate surface area is 135 Å². The van der Waals surface area contributed by atoms with Crippen molar-refractivity contribution in [2.24, 2.45) is 0 Å². The molecule has 0 saturated heterocycles. The Morgan fingerprint density at radius 2 is 2.08 bits per heavy atom. The van der Waals surface area contributed by atoms with Crippen LogP contribution in [0.25, 0.3) is 11.2 Å². The molecule has 6 nitrogen and oxygen atoms in total. The highest BCUT2D eigenvalue weighted by Gasteiger charge is 2.38. The molecule has 0 aromatic carbocycles. The summed E-state index contributed by atoms with van der Waals surface area (Å²) in [6, 6.07) is 1.84. The normalized spacial score (nSPS) is 17.3. The van der Waals surface area contributed by atoms with Crippen molar-refractivity contribution in [2.75, 3.05) is 6.54 Å². The zero-order valence-corrected chi connectivity index (χ0v) is 12.8. The van der Waals surface area contributed by atoms with Gasteiger partial charge in [0.1, 0.15) is 5.52 Å². The Morgan fingerprint density at radius 1 is 1.38 bits per heavy atom. The molecular formula is C15H17F3N4O2. The molecule has 2 heterocycles. The summed E-state index contributed by atoms with van der Waals surface area (Å²) in [4.78, 5) is 20.4. The van der Waals surface area contributed by atoms with Gasteiger partial charge in [0.15, 0.2) is 11.8 Å². The lowest BCUT2D eigenvalue weighted by molar-refractivity contribution is -0.201. The lowest BCUT2D eigenvalue weighted by atomic mass is 10.2. The van der Waals surface area contributed by atoms with Crippen molar-refractivity contribution in [3.63, 3.8) is 0 Å². The second kappa shape index (κ2) is 6.39. The molecule has 0 bridgehead atoms. The van der Waals surface area contributed by atoms with Crippen molar-refractivity contribution in [3.8, 4) is 0 Å². The smallest absolute Gasteiger partial charge is 0.382 e. The molecule has 130 valence electrons. The highest BCUT2D eigenvalue weighted by Crippen LogP contribution is 2.31. The number of pyridine rings is 1. The first kappa shape index (κ1) is 16.7. The molecule has 1 amide bonds. The summed E-state index contributed by atoms with van der Waals surface area (Å²) < 4.78 is 38.7. The lowest BCUT2D eigenvalue weighted by Gasteiger charge is -2.15. The van der Waals surface area contributed by atoms with E-state index in [1.807, 2.05) is 9.88 Å². The molecule has 24 heavy (non-hydrogen) atoms. The van der Waals surface area contributed by atoms with Gasteiger partial charge in [0, 0.05) is 12.2 Å². The average molecular weight is 342 g/mol. The van der Waals surface area contributed by atoms with Crippen molar-refractivity contribution < 1.29 is 23.1 Å². The van der Waals surface area contributed by atoms with E-state index in [0.29, 0.717) is 17.2 Å². The Morgan fingerprint density at radius 3 is 2.75 bits per heavy atom. The van der Waals surface area contributed by atoms with E-state index < -0.39 is 24.7 Å². The molecule has 1 atom stereocenters. The van der Waals surface area contributed by atoms with E-state index in [1.165, 1.54) is 12.3 Å². The fraction of sp³-hybridized carbons (Fsp3) is 0.533. The number of aliphatic hydroxyl groups excluding tert-OH is 1. The second-order valence-electron chi connectivity index (χ2n) is 5.92. The van der Waals surface area contributed by atoms with E-state index in [4.69, 9.17) is 5.11 Å². The van der Waals surface area contributed by atoms with Crippen LogP contribution in [0.15, 0.2) is 18.6 Å². The quantitative estimate of drug-likeness (QED) is 0.893. The first-order chi connectivity index (χ1) is 11.4. The lowest BCUT2D eigenvalue weighted by Crippen LogP contribution is -2.40. The van der Waals surface area contributed by atoms with Gasteiger partial charge >= 0.3 is 6.18 Å². The Hall–Kier alpha value is -2.16. The Balaban J connectivity index is 1.72. The van der Waals surface area contributed by atoms with Crippen molar-refractivity contribution >= 4 is 17.1 Å². The van der Waals surface area contributed by atoms with E-state index >= 15 is 0 Å². The van der Waals surface area contributed by atoms with Gasteiger partial charge < -0.3 is 15.0 Å². The van der Waals surface area contributed by atoms with E-state index in [-0.39, 0.29) is 5.56 Å². The number of amides is 1. The summed E-state index contributed by atoms with van der Waals surface area (Å²) >= 11 is 0. The molecule has 1 fully saturated rings. The number of fused-ring (bicyclic) bond motifs is 1. The van der Waals surface area contributed by atoms with Gasteiger partial charge in [0.05, 0.1) is 18.4 Å². The fourth-order valence-electron chi connectivity index (χ4n) is 2.90. The third kappa shape index (κ3) is 3.35. The largest absolute Gasteiger partial charge is 0.416 e. The molecular weight excluding hydrogens is 325 g/mol. The van der Waals surface area contributed by atoms with Crippen LogP contribution in [0.2, 0.25) is 0 Å². The summed E-state index contributed by atoms with van der Waals surface area (Å²) in [5.41, 5.74) is 1.29. The van der Waals surface area contributed by atoms with Crippen molar-refractivity contribution in [2.45, 2.75) is 44.0 Å². The Kier molecular flexibility index (Phi) is 4.44. The van der Waals surface area contributed by atoms with E-state index in [2.05, 4.69) is 9.97 Å². The molecule has 3 rings (SSSR count). The number of alkyl halides is 3. The molecule has 1 saturated carbocycles. The molecule has 1 aliphatic rings. The highest BCUT2D eigenvalue weighted by molar-refractivity contribution is 5.96. The first-order valence-electron chi connectivity index (χ1n) is 7.72. The molecule has 1 unspecified atom stereocenters. The van der Waals surface area contributed by atoms with E-state index in [1.54, 1.807) is 6.33 Å². The maximum atomic E-state index is 12.2.